The third-order valence-electron chi connectivity index (χ3n) is 17.3. The molecule has 1 N–H and O–H groups in total. The molecule has 93 heavy (non-hydrogen) atoms. The standard InChI is InChI=1S/C84H149NO8/c1-6-8-10-12-14-16-18-20-22-24-26-28-30-32-34-36-38-39-40-41-42-43-45-47-49-51-53-55-57-59-61-63-65-67-69-71-73-75-82(87)93-80(79-92-84(83(88)89)90-77-76-85(3,4)5)78-91-81(86)74-72-70-68-66-64-62-60-58-56-54-52-50-48-46-44-37-35-33-31-29-27-25-23-21-19-17-15-13-11-9-7-2/h8-11,14-17,20-23,26-29,80,84H,6-7,12-13,18-19,24-25,30-79H2,1-5H3/p+1/b10-8-,11-9-,16-14-,17-15-,22-20-,23-21-,28-26-,29-27-. The van der Waals surface area contributed by atoms with Crippen molar-refractivity contribution in [2.45, 2.75) is 373 Å². The quantitative estimate of drug-likeness (QED) is 0.0211. The molecule has 9 heteroatoms. The summed E-state index contributed by atoms with van der Waals surface area (Å²) in [6.07, 6.45) is 99.9. The molecule has 0 heterocycles. The Hall–Kier alpha value is -3.79. The van der Waals surface area contributed by atoms with Gasteiger partial charge in [0.05, 0.1) is 34.4 Å². The van der Waals surface area contributed by atoms with Crippen LogP contribution in [0.2, 0.25) is 0 Å². The number of carboxylic acids is 1. The third-order valence-corrected chi connectivity index (χ3v) is 17.3. The summed E-state index contributed by atoms with van der Waals surface area (Å²) in [5.41, 5.74) is 0. The highest BCUT2D eigenvalue weighted by Gasteiger charge is 2.25. The van der Waals surface area contributed by atoms with Crippen molar-refractivity contribution in [1.82, 2.24) is 0 Å². The Labute approximate surface area is 575 Å². The molecule has 0 saturated carbocycles. The number of esters is 2. The Morgan fingerprint density at radius 3 is 0.860 bits per heavy atom. The molecule has 0 aromatic rings. The highest BCUT2D eigenvalue weighted by molar-refractivity contribution is 5.71. The second kappa shape index (κ2) is 74.0. The van der Waals surface area contributed by atoms with Crippen LogP contribution in [0.25, 0.3) is 0 Å². The molecule has 0 rings (SSSR count). The predicted molar refractivity (Wildman–Crippen MR) is 401 cm³/mol. The summed E-state index contributed by atoms with van der Waals surface area (Å²) in [5, 5.41) is 9.77. The number of hydrogen-bond acceptors (Lipinski definition) is 7. The molecule has 0 fully saturated rings. The summed E-state index contributed by atoms with van der Waals surface area (Å²) in [5.74, 6) is -1.98. The highest BCUT2D eigenvalue weighted by Crippen LogP contribution is 2.19. The smallest absolute Gasteiger partial charge is 0.361 e. The summed E-state index contributed by atoms with van der Waals surface area (Å²) < 4.78 is 23.1. The topological polar surface area (TPSA) is 108 Å². The minimum atomic E-state index is -1.51. The number of rotatable bonds is 73. The van der Waals surface area contributed by atoms with Crippen LogP contribution in [-0.2, 0) is 33.3 Å². The average molecular weight is 1300 g/mol. The van der Waals surface area contributed by atoms with Crippen molar-refractivity contribution in [1.29, 1.82) is 0 Å². The van der Waals surface area contributed by atoms with Crippen molar-refractivity contribution in [2.24, 2.45) is 0 Å². The first-order valence-corrected chi connectivity index (χ1v) is 39.4. The fraction of sp³-hybridized carbons (Fsp3) is 0.774. The number of likely N-dealkylation sites (N-methyl/N-ethyl adjacent to an activating group) is 1. The van der Waals surface area contributed by atoms with Gasteiger partial charge in [0.2, 0.25) is 0 Å². The molecule has 0 amide bonds. The second-order valence-corrected chi connectivity index (χ2v) is 27.6. The Morgan fingerprint density at radius 2 is 0.581 bits per heavy atom. The molecule has 2 atom stereocenters. The molecule has 0 radical (unpaired) electrons. The number of carboxylic acid groups (broad SMARTS) is 1. The molecule has 0 aliphatic carbocycles. The fourth-order valence-electron chi connectivity index (χ4n) is 11.4. The van der Waals surface area contributed by atoms with Gasteiger partial charge in [-0.2, -0.15) is 0 Å². The van der Waals surface area contributed by atoms with Crippen molar-refractivity contribution in [3.8, 4) is 0 Å². The summed E-state index contributed by atoms with van der Waals surface area (Å²) in [6, 6.07) is 0. The Morgan fingerprint density at radius 1 is 0.323 bits per heavy atom. The lowest BCUT2D eigenvalue weighted by molar-refractivity contribution is -0.870. The molecule has 538 valence electrons. The van der Waals surface area contributed by atoms with Gasteiger partial charge in [0, 0.05) is 12.8 Å². The van der Waals surface area contributed by atoms with Crippen molar-refractivity contribution in [3.63, 3.8) is 0 Å². The van der Waals surface area contributed by atoms with E-state index in [-0.39, 0.29) is 38.2 Å². The van der Waals surface area contributed by atoms with Crippen LogP contribution < -0.4 is 0 Å². The number of ether oxygens (including phenoxy) is 4. The normalized spacial score (nSPS) is 13.2. The van der Waals surface area contributed by atoms with E-state index in [2.05, 4.69) is 111 Å². The number of quaternary nitrogens is 1. The molecule has 0 aromatic carbocycles. The number of carbonyl (C=O) groups excluding carboxylic acids is 2. The van der Waals surface area contributed by atoms with E-state index < -0.39 is 18.4 Å². The molecule has 2 unspecified atom stereocenters. The zero-order valence-corrected chi connectivity index (χ0v) is 61.7. The minimum Gasteiger partial charge on any atom is -0.477 e. The average Bonchev–Trinajstić information content (AvgIpc) is 3.73. The second-order valence-electron chi connectivity index (χ2n) is 27.6. The number of aliphatic carboxylic acids is 1. The maximum atomic E-state index is 13.0. The lowest BCUT2D eigenvalue weighted by atomic mass is 10.0. The highest BCUT2D eigenvalue weighted by atomic mass is 16.7. The summed E-state index contributed by atoms with van der Waals surface area (Å²) >= 11 is 0. The van der Waals surface area contributed by atoms with E-state index in [0.717, 1.165) is 89.9 Å². The molecule has 0 spiro atoms. The molecule has 0 saturated heterocycles. The van der Waals surface area contributed by atoms with Gasteiger partial charge >= 0.3 is 17.9 Å². The van der Waals surface area contributed by atoms with Gasteiger partial charge in [0.25, 0.3) is 6.29 Å². The van der Waals surface area contributed by atoms with Crippen LogP contribution in [-0.4, -0.2) is 87.4 Å². The summed E-state index contributed by atoms with van der Waals surface area (Å²) in [7, 11) is 5.99. The van der Waals surface area contributed by atoms with Gasteiger partial charge in [-0.1, -0.05) is 355 Å². The maximum Gasteiger partial charge on any atom is 0.361 e. The first kappa shape index (κ1) is 89.2. The number of unbranched alkanes of at least 4 members (excludes halogenated alkanes) is 42. The number of hydrogen-bond donors (Lipinski definition) is 1. The molecular weight excluding hydrogens is 1150 g/mol. The number of nitrogens with zero attached hydrogens (tertiary/aromatic N) is 1. The minimum absolute atomic E-state index is 0.180. The lowest BCUT2D eigenvalue weighted by Gasteiger charge is -2.25. The SMILES string of the molecule is CC/C=C\C/C=C\C/C=C\C/C=C\CCCCCCCCCCCCCCCCCCCCCCCCCCC(=O)OC(COC(=O)CCCCCCCCCCCCCCCCCCCC/C=C\C/C=C\C/C=C\C/C=C\CC)COC(OCC[N+](C)(C)C)C(=O)O. The zero-order valence-electron chi connectivity index (χ0n) is 61.7. The van der Waals surface area contributed by atoms with E-state index >= 15 is 0 Å². The number of carbonyl (C=O) groups is 3. The van der Waals surface area contributed by atoms with Gasteiger partial charge < -0.3 is 28.5 Å². The molecule has 0 bridgehead atoms. The van der Waals surface area contributed by atoms with Crippen LogP contribution in [0.1, 0.15) is 361 Å². The maximum absolute atomic E-state index is 13.0. The Kier molecular flexibility index (Phi) is 71.0. The molecule has 0 aliphatic heterocycles. The molecule has 0 aliphatic rings. The van der Waals surface area contributed by atoms with Gasteiger partial charge in [-0.25, -0.2) is 4.79 Å². The van der Waals surface area contributed by atoms with E-state index in [4.69, 9.17) is 18.9 Å². The van der Waals surface area contributed by atoms with E-state index in [1.807, 2.05) is 21.1 Å². The van der Waals surface area contributed by atoms with E-state index in [1.165, 1.54) is 244 Å². The van der Waals surface area contributed by atoms with Crippen molar-refractivity contribution in [3.05, 3.63) is 97.2 Å². The summed E-state index contributed by atoms with van der Waals surface area (Å²) in [4.78, 5) is 37.7. The van der Waals surface area contributed by atoms with Crippen LogP contribution in [0.3, 0.4) is 0 Å². The molecular formula is C84H150NO8+. The van der Waals surface area contributed by atoms with Gasteiger partial charge in [-0.15, -0.1) is 0 Å². The van der Waals surface area contributed by atoms with E-state index in [1.54, 1.807) is 0 Å². The third kappa shape index (κ3) is 75.5. The van der Waals surface area contributed by atoms with Crippen molar-refractivity contribution in [2.75, 3.05) is 47.5 Å². The van der Waals surface area contributed by atoms with Crippen LogP contribution in [0.5, 0.6) is 0 Å². The lowest BCUT2D eigenvalue weighted by Crippen LogP contribution is -2.40. The Balaban J connectivity index is 3.99. The fourth-order valence-corrected chi connectivity index (χ4v) is 11.4. The van der Waals surface area contributed by atoms with Crippen LogP contribution in [0.4, 0.5) is 0 Å². The predicted octanol–water partition coefficient (Wildman–Crippen LogP) is 25.1. The van der Waals surface area contributed by atoms with Crippen LogP contribution in [0.15, 0.2) is 97.2 Å². The number of allylic oxidation sites excluding steroid dienone is 16. The largest absolute Gasteiger partial charge is 0.477 e. The van der Waals surface area contributed by atoms with Gasteiger partial charge in [-0.05, 0) is 89.9 Å². The van der Waals surface area contributed by atoms with E-state index in [0.29, 0.717) is 17.4 Å². The van der Waals surface area contributed by atoms with Crippen LogP contribution >= 0.6 is 0 Å². The van der Waals surface area contributed by atoms with Crippen LogP contribution in [0, 0.1) is 0 Å². The van der Waals surface area contributed by atoms with E-state index in [9.17, 15) is 19.5 Å². The Bertz CT molecular complexity index is 1850. The zero-order chi connectivity index (χ0) is 67.5. The monoisotopic (exact) mass is 1300 g/mol. The van der Waals surface area contributed by atoms with Crippen molar-refractivity contribution < 1.29 is 42.9 Å². The van der Waals surface area contributed by atoms with Gasteiger partial charge in [0.15, 0.2) is 6.10 Å². The first-order valence-electron chi connectivity index (χ1n) is 39.4. The van der Waals surface area contributed by atoms with Gasteiger partial charge in [-0.3, -0.25) is 9.59 Å². The first-order chi connectivity index (χ1) is 45.6. The molecule has 0 aromatic heterocycles. The molecule has 9 nitrogen and oxygen atoms in total. The van der Waals surface area contributed by atoms with Crippen molar-refractivity contribution >= 4 is 17.9 Å². The van der Waals surface area contributed by atoms with Gasteiger partial charge in [0.1, 0.15) is 13.2 Å². The summed E-state index contributed by atoms with van der Waals surface area (Å²) in [6.45, 7) is 4.70.